The summed E-state index contributed by atoms with van der Waals surface area (Å²) in [5.41, 5.74) is 1.40. The molecule has 1 saturated heterocycles. The minimum Gasteiger partial charge on any atom is -0.325 e. The molecule has 0 unspecified atom stereocenters. The first-order chi connectivity index (χ1) is 12.7. The van der Waals surface area contributed by atoms with Gasteiger partial charge in [-0.25, -0.2) is 0 Å². The van der Waals surface area contributed by atoms with Gasteiger partial charge in [0.15, 0.2) is 0 Å². The molecule has 2 aromatic carbocycles. The van der Waals surface area contributed by atoms with Crippen molar-refractivity contribution in [3.63, 3.8) is 0 Å². The maximum atomic E-state index is 13.1. The molecule has 0 aromatic heterocycles. The second kappa shape index (κ2) is 7.06. The van der Waals surface area contributed by atoms with Crippen molar-refractivity contribution in [1.29, 1.82) is 0 Å². The van der Waals surface area contributed by atoms with E-state index in [9.17, 15) is 22.8 Å². The minimum atomic E-state index is -4.57. The lowest BCUT2D eigenvalue weighted by Gasteiger charge is -2.20. The van der Waals surface area contributed by atoms with Gasteiger partial charge in [0, 0.05) is 18.7 Å². The van der Waals surface area contributed by atoms with E-state index in [1.807, 2.05) is 32.0 Å². The molecule has 0 saturated carbocycles. The number of aryl methyl sites for hydroxylation is 2. The van der Waals surface area contributed by atoms with Gasteiger partial charge in [0.2, 0.25) is 11.8 Å². The van der Waals surface area contributed by atoms with E-state index in [0.717, 1.165) is 22.9 Å². The second-order valence-corrected chi connectivity index (χ2v) is 6.73. The average Bonchev–Trinajstić information content (AvgIpc) is 2.98. The van der Waals surface area contributed by atoms with Gasteiger partial charge in [-0.15, -0.1) is 0 Å². The van der Waals surface area contributed by atoms with Crippen molar-refractivity contribution in [3.8, 4) is 0 Å². The van der Waals surface area contributed by atoms with E-state index in [1.165, 1.54) is 23.1 Å². The van der Waals surface area contributed by atoms with E-state index in [0.29, 0.717) is 0 Å². The zero-order chi connectivity index (χ0) is 19.8. The third kappa shape index (κ3) is 3.97. The molecule has 1 heterocycles. The van der Waals surface area contributed by atoms with Crippen LogP contribution in [0.4, 0.5) is 24.5 Å². The molecule has 2 amide bonds. The Kier molecular flexibility index (Phi) is 4.95. The fraction of sp³-hybridized carbons (Fsp3) is 0.300. The van der Waals surface area contributed by atoms with Gasteiger partial charge in [0.1, 0.15) is 0 Å². The van der Waals surface area contributed by atoms with E-state index in [4.69, 9.17) is 0 Å². The van der Waals surface area contributed by atoms with Crippen molar-refractivity contribution >= 4 is 23.2 Å². The Morgan fingerprint density at radius 3 is 2.56 bits per heavy atom. The van der Waals surface area contributed by atoms with Gasteiger partial charge in [-0.05, 0) is 43.2 Å². The van der Waals surface area contributed by atoms with Crippen LogP contribution in [0.3, 0.4) is 0 Å². The molecule has 27 heavy (non-hydrogen) atoms. The quantitative estimate of drug-likeness (QED) is 0.868. The Morgan fingerprint density at radius 2 is 1.85 bits per heavy atom. The van der Waals surface area contributed by atoms with Crippen LogP contribution in [-0.2, 0) is 15.8 Å². The van der Waals surface area contributed by atoms with E-state index in [1.54, 1.807) is 0 Å². The molecule has 7 heteroatoms. The second-order valence-electron chi connectivity index (χ2n) is 6.73. The lowest BCUT2D eigenvalue weighted by molar-refractivity contribution is -0.137. The molecule has 1 aliphatic rings. The summed E-state index contributed by atoms with van der Waals surface area (Å²) in [5, 5.41) is 2.34. The van der Waals surface area contributed by atoms with Gasteiger partial charge in [0.05, 0.1) is 17.2 Å². The molecule has 1 atom stereocenters. The Labute approximate surface area is 155 Å². The predicted octanol–water partition coefficient (Wildman–Crippen LogP) is 4.31. The Bertz CT molecular complexity index is 893. The van der Waals surface area contributed by atoms with Crippen LogP contribution in [-0.4, -0.2) is 18.4 Å². The highest BCUT2D eigenvalue weighted by Crippen LogP contribution is 2.35. The van der Waals surface area contributed by atoms with Crippen molar-refractivity contribution in [2.75, 3.05) is 16.8 Å². The van der Waals surface area contributed by atoms with Crippen LogP contribution in [0.1, 0.15) is 23.1 Å². The minimum absolute atomic E-state index is 0.0343. The topological polar surface area (TPSA) is 49.4 Å². The normalized spacial score (nSPS) is 17.3. The monoisotopic (exact) mass is 376 g/mol. The van der Waals surface area contributed by atoms with Crippen LogP contribution in [0.5, 0.6) is 0 Å². The molecule has 0 spiro atoms. The van der Waals surface area contributed by atoms with Crippen molar-refractivity contribution in [2.24, 2.45) is 5.92 Å². The number of benzene rings is 2. The third-order valence-corrected chi connectivity index (χ3v) is 4.64. The number of hydrogen-bond acceptors (Lipinski definition) is 2. The molecule has 1 fully saturated rings. The van der Waals surface area contributed by atoms with E-state index < -0.39 is 23.6 Å². The number of carbonyl (C=O) groups is 2. The summed E-state index contributed by atoms with van der Waals surface area (Å²) in [4.78, 5) is 26.4. The molecule has 0 radical (unpaired) electrons. The van der Waals surface area contributed by atoms with Crippen molar-refractivity contribution < 1.29 is 22.8 Å². The lowest BCUT2D eigenvalue weighted by atomic mass is 10.1. The lowest BCUT2D eigenvalue weighted by Crippen LogP contribution is -2.29. The SMILES string of the molecule is Cc1ccc(C)c(N2C[C@H](C(=O)Nc3ccccc3C(F)(F)F)CC2=O)c1. The maximum absolute atomic E-state index is 13.1. The number of anilines is 2. The smallest absolute Gasteiger partial charge is 0.325 e. The zero-order valence-corrected chi connectivity index (χ0v) is 14.9. The number of rotatable bonds is 3. The molecular formula is C20H19F3N2O2. The Hall–Kier alpha value is -2.83. The van der Waals surface area contributed by atoms with Gasteiger partial charge in [-0.3, -0.25) is 9.59 Å². The van der Waals surface area contributed by atoms with Gasteiger partial charge >= 0.3 is 6.18 Å². The van der Waals surface area contributed by atoms with Gasteiger partial charge < -0.3 is 10.2 Å². The standard InChI is InChI=1S/C20H19F3N2O2/c1-12-7-8-13(2)17(9-12)25-11-14(10-18(25)26)19(27)24-16-6-4-3-5-15(16)20(21,22)23/h3-9,14H,10-11H2,1-2H3,(H,24,27)/t14-/m1/s1. The summed E-state index contributed by atoms with van der Waals surface area (Å²) in [5.74, 6) is -1.51. The molecule has 1 N–H and O–H groups in total. The Morgan fingerprint density at radius 1 is 1.15 bits per heavy atom. The van der Waals surface area contributed by atoms with Crippen LogP contribution in [0, 0.1) is 19.8 Å². The van der Waals surface area contributed by atoms with Gasteiger partial charge in [0.25, 0.3) is 0 Å². The van der Waals surface area contributed by atoms with Crippen molar-refractivity contribution in [1.82, 2.24) is 0 Å². The van der Waals surface area contributed by atoms with E-state index in [-0.39, 0.29) is 24.6 Å². The summed E-state index contributed by atoms with van der Waals surface area (Å²) in [6, 6.07) is 10.5. The number of nitrogens with zero attached hydrogens (tertiary/aromatic N) is 1. The number of alkyl halides is 3. The summed E-state index contributed by atoms with van der Waals surface area (Å²) < 4.78 is 39.3. The maximum Gasteiger partial charge on any atom is 0.418 e. The van der Waals surface area contributed by atoms with Crippen LogP contribution >= 0.6 is 0 Å². The highest BCUT2D eigenvalue weighted by molar-refractivity contribution is 6.04. The fourth-order valence-corrected chi connectivity index (χ4v) is 3.20. The summed E-state index contributed by atoms with van der Waals surface area (Å²) in [6.07, 6.45) is -4.60. The van der Waals surface area contributed by atoms with Gasteiger partial charge in [-0.2, -0.15) is 13.2 Å². The first kappa shape index (κ1) is 18.9. The third-order valence-electron chi connectivity index (χ3n) is 4.64. The number of hydrogen-bond donors (Lipinski definition) is 1. The molecule has 1 aliphatic heterocycles. The molecule has 2 aromatic rings. The number of amides is 2. The van der Waals surface area contributed by atoms with Gasteiger partial charge in [-0.1, -0.05) is 24.3 Å². The Balaban J connectivity index is 1.78. The van der Waals surface area contributed by atoms with Crippen LogP contribution in [0.25, 0.3) is 0 Å². The summed E-state index contributed by atoms with van der Waals surface area (Å²) in [6.45, 7) is 3.92. The molecule has 4 nitrogen and oxygen atoms in total. The van der Waals surface area contributed by atoms with Crippen molar-refractivity contribution in [3.05, 3.63) is 59.2 Å². The van der Waals surface area contributed by atoms with E-state index in [2.05, 4.69) is 5.32 Å². The molecule has 0 aliphatic carbocycles. The predicted molar refractivity (Wildman–Crippen MR) is 96.4 cm³/mol. The number of para-hydroxylation sites is 1. The number of halogens is 3. The van der Waals surface area contributed by atoms with E-state index >= 15 is 0 Å². The number of carbonyl (C=O) groups excluding carboxylic acids is 2. The summed E-state index contributed by atoms with van der Waals surface area (Å²) in [7, 11) is 0. The molecule has 0 bridgehead atoms. The average molecular weight is 376 g/mol. The first-order valence-electron chi connectivity index (χ1n) is 8.51. The van der Waals surface area contributed by atoms with Crippen LogP contribution < -0.4 is 10.2 Å². The number of nitrogens with one attached hydrogen (secondary N) is 1. The largest absolute Gasteiger partial charge is 0.418 e. The molecule has 3 rings (SSSR count). The zero-order valence-electron chi connectivity index (χ0n) is 14.9. The fourth-order valence-electron chi connectivity index (χ4n) is 3.20. The first-order valence-corrected chi connectivity index (χ1v) is 8.51. The molecule has 142 valence electrons. The van der Waals surface area contributed by atoms with Crippen LogP contribution in [0.2, 0.25) is 0 Å². The highest BCUT2D eigenvalue weighted by Gasteiger charge is 2.38. The summed E-state index contributed by atoms with van der Waals surface area (Å²) >= 11 is 0. The van der Waals surface area contributed by atoms with Crippen LogP contribution in [0.15, 0.2) is 42.5 Å². The highest BCUT2D eigenvalue weighted by atomic mass is 19.4. The van der Waals surface area contributed by atoms with Crippen molar-refractivity contribution in [2.45, 2.75) is 26.4 Å². The molecular weight excluding hydrogens is 357 g/mol.